The fraction of sp³-hybridized carbons (Fsp3) is 0.565. The quantitative estimate of drug-likeness (QED) is 0.0651. The Morgan fingerprint density at radius 2 is 1.49 bits per heavy atom. The van der Waals surface area contributed by atoms with Crippen molar-refractivity contribution in [2.24, 2.45) is 0 Å². The zero-order valence-electron chi connectivity index (χ0n) is 36.5. The van der Waals surface area contributed by atoms with E-state index < -0.39 is 0 Å². The van der Waals surface area contributed by atoms with Crippen LogP contribution >= 0.6 is 11.8 Å². The van der Waals surface area contributed by atoms with Crippen molar-refractivity contribution in [3.8, 4) is 0 Å². The monoisotopic (exact) mass is 861 g/mol. The van der Waals surface area contributed by atoms with Crippen LogP contribution in [0.25, 0.3) is 0 Å². The number of allylic oxidation sites excluding steroid dienone is 4. The number of methoxy groups -OCH3 is 1. The van der Waals surface area contributed by atoms with Crippen LogP contribution in [0.2, 0.25) is 0 Å². The molecule has 3 atom stereocenters. The lowest BCUT2D eigenvalue weighted by Gasteiger charge is -2.27. The molecule has 4 amide bonds. The molecule has 2 aromatic carbocycles. The Morgan fingerprint density at radius 1 is 0.820 bits per heavy atom. The number of hydrogen-bond donors (Lipinski definition) is 4. The number of rotatable bonds is 25. The van der Waals surface area contributed by atoms with Crippen LogP contribution in [-0.4, -0.2) is 144 Å². The first-order chi connectivity index (χ1) is 29.5. The average molecular weight is 862 g/mol. The van der Waals surface area contributed by atoms with Crippen LogP contribution in [0.15, 0.2) is 72.5 Å². The fourth-order valence-electron chi connectivity index (χ4n) is 8.57. The van der Waals surface area contributed by atoms with Gasteiger partial charge in [0, 0.05) is 85.1 Å². The van der Waals surface area contributed by atoms with Gasteiger partial charge in [0.15, 0.2) is 12.3 Å². The molecular weight excluding hydrogens is 797 g/mol. The van der Waals surface area contributed by atoms with E-state index in [-0.39, 0.29) is 52.4 Å². The molecule has 0 bridgehead atoms. The summed E-state index contributed by atoms with van der Waals surface area (Å²) in [7, 11) is 1.69. The van der Waals surface area contributed by atoms with Crippen LogP contribution in [0, 0.1) is 0 Å². The predicted octanol–water partition coefficient (Wildman–Crippen LogP) is 4.19. The van der Waals surface area contributed by atoms with Crippen molar-refractivity contribution in [2.75, 3.05) is 103 Å². The van der Waals surface area contributed by atoms with E-state index in [9.17, 15) is 14.4 Å². The number of thioether (sulfide) groups is 1. The Balaban J connectivity index is 0.884. The summed E-state index contributed by atoms with van der Waals surface area (Å²) in [5, 5.41) is 11.6. The lowest BCUT2D eigenvalue weighted by atomic mass is 9.81. The Morgan fingerprint density at radius 3 is 2.28 bits per heavy atom. The lowest BCUT2D eigenvalue weighted by molar-refractivity contribution is -0.442. The molecule has 0 aromatic heterocycles. The third-order valence-corrected chi connectivity index (χ3v) is 13.2. The van der Waals surface area contributed by atoms with Gasteiger partial charge in [-0.15, -0.1) is 0 Å². The van der Waals surface area contributed by atoms with E-state index in [1.54, 1.807) is 18.9 Å². The second kappa shape index (κ2) is 22.2. The summed E-state index contributed by atoms with van der Waals surface area (Å²) in [6.45, 7) is 15.4. The van der Waals surface area contributed by atoms with Crippen molar-refractivity contribution in [1.82, 2.24) is 21.3 Å². The number of nitrogens with zero attached hydrogens (tertiary/aromatic N) is 2. The molecule has 15 heteroatoms. The molecule has 4 N–H and O–H groups in total. The number of hydrogen-bond acceptors (Lipinski definition) is 10. The van der Waals surface area contributed by atoms with Gasteiger partial charge in [-0.3, -0.25) is 9.59 Å². The zero-order valence-corrected chi connectivity index (χ0v) is 37.3. The van der Waals surface area contributed by atoms with Gasteiger partial charge in [-0.2, -0.15) is 16.3 Å². The average Bonchev–Trinajstić information content (AvgIpc) is 3.92. The van der Waals surface area contributed by atoms with E-state index >= 15 is 0 Å². The standard InChI is InChI=1S/C46H64N6O8S/c1-45(2)33-11-6-8-13-36(33)51(20-25-59-28-27-56-5)39(45)15-10-16-40-46(3,4)34-12-7-9-14-37(34)52(40)21-26-60-30-29-57-22-17-41(53)47-18-23-58-24-19-48-42(54)31-38-43-35(32-61-38)49-44(55)50-43/h6-16,35,38,43H,17-32H2,1-5H3,(H3-,47,48,49,50,53,54,55)/p+1. The van der Waals surface area contributed by atoms with E-state index in [1.807, 2.05) is 0 Å². The normalized spacial score (nSPS) is 21.5. The minimum absolute atomic E-state index is 0.00372. The highest BCUT2D eigenvalue weighted by atomic mass is 32.2. The fourth-order valence-corrected chi connectivity index (χ4v) is 10.1. The summed E-state index contributed by atoms with van der Waals surface area (Å²) in [6.07, 6.45) is 7.31. The maximum absolute atomic E-state index is 12.3. The molecular formula is C46H65N6O8S+. The Hall–Kier alpha value is -4.25. The van der Waals surface area contributed by atoms with Crippen molar-refractivity contribution in [3.63, 3.8) is 0 Å². The molecule has 4 heterocycles. The van der Waals surface area contributed by atoms with Gasteiger partial charge in [-0.1, -0.05) is 56.3 Å². The van der Waals surface area contributed by atoms with E-state index in [2.05, 4.69) is 125 Å². The zero-order chi connectivity index (χ0) is 43.2. The van der Waals surface area contributed by atoms with Crippen LogP contribution < -0.4 is 26.2 Å². The summed E-state index contributed by atoms with van der Waals surface area (Å²) in [5.41, 5.74) is 7.10. The highest BCUT2D eigenvalue weighted by molar-refractivity contribution is 8.00. The van der Waals surface area contributed by atoms with Crippen molar-refractivity contribution in [3.05, 3.63) is 83.6 Å². The molecule has 2 aromatic rings. The van der Waals surface area contributed by atoms with Gasteiger partial charge in [-0.25, -0.2) is 4.79 Å². The molecule has 61 heavy (non-hydrogen) atoms. The van der Waals surface area contributed by atoms with Crippen LogP contribution in [0.3, 0.4) is 0 Å². The number of anilines is 1. The van der Waals surface area contributed by atoms with E-state index in [0.717, 1.165) is 12.3 Å². The number of fused-ring (bicyclic) bond motifs is 3. The number of ether oxygens (including phenoxy) is 5. The number of nitrogens with one attached hydrogen (secondary N) is 4. The first-order valence-electron chi connectivity index (χ1n) is 21.5. The largest absolute Gasteiger partial charge is 0.382 e. The number of amides is 4. The van der Waals surface area contributed by atoms with Gasteiger partial charge in [0.1, 0.15) is 6.61 Å². The highest BCUT2D eigenvalue weighted by Crippen LogP contribution is 2.47. The van der Waals surface area contributed by atoms with E-state index in [0.29, 0.717) is 85.5 Å². The van der Waals surface area contributed by atoms with Gasteiger partial charge in [0.05, 0.1) is 70.4 Å². The molecule has 3 unspecified atom stereocenters. The summed E-state index contributed by atoms with van der Waals surface area (Å²) >= 11 is 1.70. The number of carbonyl (C=O) groups excluding carboxylic acids is 3. The van der Waals surface area contributed by atoms with E-state index in [4.69, 9.17) is 23.7 Å². The summed E-state index contributed by atoms with van der Waals surface area (Å²) in [5.74, 6) is 0.641. The molecule has 2 fully saturated rings. The van der Waals surface area contributed by atoms with Gasteiger partial charge < -0.3 is 49.9 Å². The number of carbonyl (C=O) groups is 3. The molecule has 0 aliphatic carbocycles. The second-order valence-electron chi connectivity index (χ2n) is 16.6. The van der Waals surface area contributed by atoms with Crippen molar-refractivity contribution in [2.45, 2.75) is 68.7 Å². The minimum atomic E-state index is -0.198. The number of urea groups is 1. The summed E-state index contributed by atoms with van der Waals surface area (Å²) < 4.78 is 30.7. The second-order valence-corrected chi connectivity index (χ2v) is 17.9. The van der Waals surface area contributed by atoms with Gasteiger partial charge >= 0.3 is 6.03 Å². The molecule has 0 spiro atoms. The van der Waals surface area contributed by atoms with Gasteiger partial charge in [-0.05, 0) is 31.6 Å². The third kappa shape index (κ3) is 11.8. The summed E-state index contributed by atoms with van der Waals surface area (Å²) in [6, 6.07) is 17.2. The molecule has 4 aliphatic heterocycles. The van der Waals surface area contributed by atoms with Crippen molar-refractivity contribution < 1.29 is 42.6 Å². The molecule has 0 saturated carbocycles. The first kappa shape index (κ1) is 46.3. The minimum Gasteiger partial charge on any atom is -0.382 e. The van der Waals surface area contributed by atoms with Crippen LogP contribution in [-0.2, 0) is 44.1 Å². The molecule has 4 aliphatic rings. The molecule has 6 rings (SSSR count). The van der Waals surface area contributed by atoms with Crippen LogP contribution in [0.5, 0.6) is 0 Å². The van der Waals surface area contributed by atoms with Gasteiger partial charge in [0.25, 0.3) is 0 Å². The van der Waals surface area contributed by atoms with Crippen LogP contribution in [0.4, 0.5) is 16.2 Å². The Labute approximate surface area is 365 Å². The molecule has 2 saturated heterocycles. The number of para-hydroxylation sites is 2. The predicted molar refractivity (Wildman–Crippen MR) is 239 cm³/mol. The Kier molecular flexibility index (Phi) is 16.8. The molecule has 332 valence electrons. The molecule has 0 radical (unpaired) electrons. The highest BCUT2D eigenvalue weighted by Gasteiger charge is 2.45. The van der Waals surface area contributed by atoms with Gasteiger partial charge in [0.2, 0.25) is 17.5 Å². The lowest BCUT2D eigenvalue weighted by Crippen LogP contribution is -2.40. The van der Waals surface area contributed by atoms with Crippen LogP contribution in [0.1, 0.15) is 51.7 Å². The number of benzene rings is 2. The maximum atomic E-state index is 12.3. The van der Waals surface area contributed by atoms with Crippen molar-refractivity contribution in [1.29, 1.82) is 0 Å². The smallest absolute Gasteiger partial charge is 0.315 e. The first-order valence-corrected chi connectivity index (χ1v) is 22.6. The van der Waals surface area contributed by atoms with Crippen molar-refractivity contribution >= 4 is 46.7 Å². The molecule has 14 nitrogen and oxygen atoms in total. The maximum Gasteiger partial charge on any atom is 0.315 e. The SMILES string of the molecule is COCCOCC[N+]1=C(/C=C/C=C2/N(CCOCCOCCC(=O)NCCOCCNC(=O)CC3SCC4NC(=O)NC43)c3ccccc3C2(C)C)C(C)(C)c2ccccc21. The van der Waals surface area contributed by atoms with E-state index in [1.165, 1.54) is 33.9 Å². The summed E-state index contributed by atoms with van der Waals surface area (Å²) in [4.78, 5) is 38.5. The topological polar surface area (TPSA) is 152 Å². The third-order valence-electron chi connectivity index (χ3n) is 11.8. The Bertz CT molecular complexity index is 1920.